The van der Waals surface area contributed by atoms with Gasteiger partial charge in [0.25, 0.3) is 0 Å². The lowest BCUT2D eigenvalue weighted by molar-refractivity contribution is 0.0699. The van der Waals surface area contributed by atoms with Crippen molar-refractivity contribution >= 4 is 16.9 Å². The van der Waals surface area contributed by atoms with Crippen LogP contribution in [0.2, 0.25) is 0 Å². The molecule has 80 valence electrons. The molecule has 3 heteroatoms. The second-order valence-electron chi connectivity index (χ2n) is 3.51. The van der Waals surface area contributed by atoms with E-state index in [9.17, 15) is 4.79 Å². The van der Waals surface area contributed by atoms with Crippen molar-refractivity contribution in [2.45, 2.75) is 13.0 Å². The van der Waals surface area contributed by atoms with Crippen LogP contribution in [-0.4, -0.2) is 15.6 Å². The molecule has 0 aliphatic heterocycles. The van der Waals surface area contributed by atoms with Crippen LogP contribution in [0.5, 0.6) is 0 Å². The third-order valence-electron chi connectivity index (χ3n) is 2.54. The molecule has 3 nitrogen and oxygen atoms in total. The summed E-state index contributed by atoms with van der Waals surface area (Å²) in [5, 5.41) is 9.78. The number of hydrogen-bond donors (Lipinski definition) is 1. The molecule has 1 aromatic heterocycles. The third-order valence-corrected chi connectivity index (χ3v) is 2.54. The van der Waals surface area contributed by atoms with Crippen molar-refractivity contribution in [3.8, 4) is 12.3 Å². The van der Waals surface area contributed by atoms with Crippen molar-refractivity contribution in [3.05, 3.63) is 36.0 Å². The molecule has 0 fully saturated rings. The number of fused-ring (bicyclic) bond motifs is 1. The smallest absolute Gasteiger partial charge is 0.336 e. The summed E-state index contributed by atoms with van der Waals surface area (Å²) in [6.45, 7) is 0.711. The van der Waals surface area contributed by atoms with Crippen LogP contribution in [0.3, 0.4) is 0 Å². The first-order valence-electron chi connectivity index (χ1n) is 4.98. The summed E-state index contributed by atoms with van der Waals surface area (Å²) in [6, 6.07) is 7.07. The zero-order valence-electron chi connectivity index (χ0n) is 8.68. The summed E-state index contributed by atoms with van der Waals surface area (Å²) < 4.78 is 1.97. The fourth-order valence-corrected chi connectivity index (χ4v) is 1.79. The lowest BCUT2D eigenvalue weighted by atomic mass is 10.1. The minimum atomic E-state index is -0.903. The number of nitrogens with zero attached hydrogens (tertiary/aromatic N) is 1. The standard InChI is InChI=1S/C13H11NO2/c1-2-3-8-14-9-7-10-11(13(15)16)5-4-6-12(10)14/h1,4-7,9H,3,8H2,(H,15,16). The van der Waals surface area contributed by atoms with E-state index in [0.717, 1.165) is 10.9 Å². The van der Waals surface area contributed by atoms with Crippen molar-refractivity contribution in [2.24, 2.45) is 0 Å². The molecule has 0 aliphatic carbocycles. The number of rotatable bonds is 3. The maximum Gasteiger partial charge on any atom is 0.336 e. The van der Waals surface area contributed by atoms with E-state index in [1.165, 1.54) is 0 Å². The molecule has 1 aromatic carbocycles. The Labute approximate surface area is 93.3 Å². The van der Waals surface area contributed by atoms with Gasteiger partial charge in [-0.3, -0.25) is 0 Å². The highest BCUT2D eigenvalue weighted by atomic mass is 16.4. The van der Waals surface area contributed by atoms with Crippen LogP contribution in [0.1, 0.15) is 16.8 Å². The van der Waals surface area contributed by atoms with E-state index < -0.39 is 5.97 Å². The third kappa shape index (κ3) is 1.66. The SMILES string of the molecule is C#CCCn1ccc2c(C(=O)O)cccc21. The van der Waals surface area contributed by atoms with Gasteiger partial charge in [-0.05, 0) is 18.2 Å². The Morgan fingerprint density at radius 2 is 2.25 bits per heavy atom. The second-order valence-corrected chi connectivity index (χ2v) is 3.51. The summed E-state index contributed by atoms with van der Waals surface area (Å²) in [5.41, 5.74) is 1.24. The van der Waals surface area contributed by atoms with E-state index in [1.54, 1.807) is 12.1 Å². The number of terminal acetylenes is 1. The molecule has 0 radical (unpaired) electrons. The van der Waals surface area contributed by atoms with E-state index in [4.69, 9.17) is 11.5 Å². The van der Waals surface area contributed by atoms with Gasteiger partial charge in [-0.15, -0.1) is 12.3 Å². The number of carboxylic acids is 1. The van der Waals surface area contributed by atoms with Gasteiger partial charge in [0.2, 0.25) is 0 Å². The lowest BCUT2D eigenvalue weighted by Crippen LogP contribution is -1.98. The monoisotopic (exact) mass is 213 g/mol. The number of carbonyl (C=O) groups is 1. The maximum atomic E-state index is 11.0. The number of carboxylic acid groups (broad SMARTS) is 1. The van der Waals surface area contributed by atoms with Gasteiger partial charge in [0, 0.05) is 30.1 Å². The van der Waals surface area contributed by atoms with Gasteiger partial charge in [0.15, 0.2) is 0 Å². The zero-order valence-corrected chi connectivity index (χ0v) is 8.68. The molecule has 16 heavy (non-hydrogen) atoms. The molecule has 0 spiro atoms. The lowest BCUT2D eigenvalue weighted by Gasteiger charge is -2.03. The molecule has 1 heterocycles. The summed E-state index contributed by atoms with van der Waals surface area (Å²) in [6.07, 6.45) is 7.72. The maximum absolute atomic E-state index is 11.0. The molecule has 0 atom stereocenters. The molecule has 0 saturated heterocycles. The van der Waals surface area contributed by atoms with Crippen LogP contribution in [0.4, 0.5) is 0 Å². The van der Waals surface area contributed by atoms with Crippen LogP contribution in [0, 0.1) is 12.3 Å². The van der Waals surface area contributed by atoms with E-state index in [1.807, 2.05) is 22.9 Å². The molecule has 0 bridgehead atoms. The fourth-order valence-electron chi connectivity index (χ4n) is 1.79. The number of aryl methyl sites for hydroxylation is 1. The first-order chi connectivity index (χ1) is 7.74. The molecular weight excluding hydrogens is 202 g/mol. The average Bonchev–Trinajstić information content (AvgIpc) is 2.69. The molecule has 0 saturated carbocycles. The summed E-state index contributed by atoms with van der Waals surface area (Å²) in [5.74, 6) is 1.67. The van der Waals surface area contributed by atoms with Crippen LogP contribution in [0.25, 0.3) is 10.9 Å². The predicted octanol–water partition coefficient (Wildman–Crippen LogP) is 2.36. The average molecular weight is 213 g/mol. The molecule has 1 N–H and O–H groups in total. The Hall–Kier alpha value is -2.21. The molecule has 0 aliphatic rings. The minimum absolute atomic E-state index is 0.331. The Kier molecular flexibility index (Phi) is 2.65. The van der Waals surface area contributed by atoms with Gasteiger partial charge in [-0.1, -0.05) is 6.07 Å². The quantitative estimate of drug-likeness (QED) is 0.795. The highest BCUT2D eigenvalue weighted by Crippen LogP contribution is 2.20. The largest absolute Gasteiger partial charge is 0.478 e. The molecule has 2 aromatic rings. The van der Waals surface area contributed by atoms with E-state index in [0.29, 0.717) is 18.5 Å². The zero-order chi connectivity index (χ0) is 11.5. The van der Waals surface area contributed by atoms with Crippen molar-refractivity contribution in [2.75, 3.05) is 0 Å². The van der Waals surface area contributed by atoms with Crippen LogP contribution in [-0.2, 0) is 6.54 Å². The predicted molar refractivity (Wildman–Crippen MR) is 62.3 cm³/mol. The Bertz CT molecular complexity index is 575. The molecule has 0 amide bonds. The van der Waals surface area contributed by atoms with Crippen LogP contribution in [0.15, 0.2) is 30.5 Å². The van der Waals surface area contributed by atoms with Crippen LogP contribution >= 0.6 is 0 Å². The van der Waals surface area contributed by atoms with E-state index in [2.05, 4.69) is 5.92 Å². The number of hydrogen-bond acceptors (Lipinski definition) is 1. The topological polar surface area (TPSA) is 42.2 Å². The Morgan fingerprint density at radius 1 is 1.44 bits per heavy atom. The van der Waals surface area contributed by atoms with E-state index in [-0.39, 0.29) is 0 Å². The Balaban J connectivity index is 2.53. The van der Waals surface area contributed by atoms with Crippen molar-refractivity contribution in [3.63, 3.8) is 0 Å². The van der Waals surface area contributed by atoms with Gasteiger partial charge < -0.3 is 9.67 Å². The second kappa shape index (κ2) is 4.11. The minimum Gasteiger partial charge on any atom is -0.478 e. The van der Waals surface area contributed by atoms with Gasteiger partial charge in [-0.2, -0.15) is 0 Å². The first kappa shape index (κ1) is 10.3. The van der Waals surface area contributed by atoms with Gasteiger partial charge in [0.1, 0.15) is 0 Å². The Morgan fingerprint density at radius 3 is 2.94 bits per heavy atom. The fraction of sp³-hybridized carbons (Fsp3) is 0.154. The van der Waals surface area contributed by atoms with Gasteiger partial charge >= 0.3 is 5.97 Å². The molecular formula is C13H11NO2. The highest BCUT2D eigenvalue weighted by Gasteiger charge is 2.09. The summed E-state index contributed by atoms with van der Waals surface area (Å²) in [4.78, 5) is 11.0. The number of aromatic nitrogens is 1. The van der Waals surface area contributed by atoms with Crippen LogP contribution < -0.4 is 0 Å². The molecule has 0 unspecified atom stereocenters. The molecule has 2 rings (SSSR count). The van der Waals surface area contributed by atoms with Crippen molar-refractivity contribution in [1.29, 1.82) is 0 Å². The number of aromatic carboxylic acids is 1. The van der Waals surface area contributed by atoms with Crippen molar-refractivity contribution < 1.29 is 9.90 Å². The van der Waals surface area contributed by atoms with Gasteiger partial charge in [-0.25, -0.2) is 4.79 Å². The highest BCUT2D eigenvalue weighted by molar-refractivity contribution is 6.02. The van der Waals surface area contributed by atoms with Crippen molar-refractivity contribution in [1.82, 2.24) is 4.57 Å². The number of benzene rings is 1. The normalized spacial score (nSPS) is 10.2. The summed E-state index contributed by atoms with van der Waals surface area (Å²) in [7, 11) is 0. The van der Waals surface area contributed by atoms with Gasteiger partial charge in [0.05, 0.1) is 5.56 Å². The first-order valence-corrected chi connectivity index (χ1v) is 4.98. The summed E-state index contributed by atoms with van der Waals surface area (Å²) >= 11 is 0. The van der Waals surface area contributed by atoms with E-state index >= 15 is 0 Å².